The molecule has 0 atom stereocenters. The van der Waals surface area contributed by atoms with E-state index < -0.39 is 10.8 Å². The van der Waals surface area contributed by atoms with Crippen LogP contribution in [0.4, 0.5) is 5.69 Å². The normalized spacial score (nSPS) is 10.8. The highest BCUT2D eigenvalue weighted by atomic mass is 16.6. The van der Waals surface area contributed by atoms with Crippen molar-refractivity contribution in [1.29, 1.82) is 0 Å². The lowest BCUT2D eigenvalue weighted by Gasteiger charge is -2.09. The Morgan fingerprint density at radius 3 is 2.55 bits per heavy atom. The van der Waals surface area contributed by atoms with Crippen LogP contribution in [0.5, 0.6) is 11.5 Å². The van der Waals surface area contributed by atoms with Gasteiger partial charge in [-0.2, -0.15) is 5.10 Å². The molecule has 0 saturated carbocycles. The lowest BCUT2D eigenvalue weighted by atomic mass is 10.2. The highest BCUT2D eigenvalue weighted by molar-refractivity contribution is 5.84. The average Bonchev–Trinajstić information content (AvgIpc) is 3.05. The molecule has 1 amide bonds. The first-order valence-electron chi connectivity index (χ1n) is 9.41. The van der Waals surface area contributed by atoms with E-state index in [-0.39, 0.29) is 12.3 Å². The number of aromatic nitrogens is 1. The number of hydrazone groups is 1. The Hall–Kier alpha value is -4.14. The quantitative estimate of drug-likeness (QED) is 0.339. The number of carbonyl (C=O) groups is 1. The van der Waals surface area contributed by atoms with Gasteiger partial charge < -0.3 is 14.0 Å². The number of hydrogen-bond donors (Lipinski definition) is 1. The monoisotopic (exact) mass is 422 g/mol. The van der Waals surface area contributed by atoms with Crippen molar-refractivity contribution < 1.29 is 19.2 Å². The van der Waals surface area contributed by atoms with Gasteiger partial charge in [-0.05, 0) is 50.2 Å². The molecule has 2 aromatic carbocycles. The number of amides is 1. The number of nitro groups is 1. The van der Waals surface area contributed by atoms with Crippen molar-refractivity contribution in [3.63, 3.8) is 0 Å². The van der Waals surface area contributed by atoms with Gasteiger partial charge in [-0.1, -0.05) is 6.07 Å². The van der Waals surface area contributed by atoms with E-state index >= 15 is 0 Å². The molecule has 3 rings (SSSR count). The SMILES string of the molecule is COc1ccc(OCC(=O)N/N=C/c2cc(C)n(-c3cccc([N+](=O)[O-])c3)c2C)cc1. The minimum atomic E-state index is -0.427. The van der Waals surface area contributed by atoms with Gasteiger partial charge >= 0.3 is 0 Å². The fourth-order valence-electron chi connectivity index (χ4n) is 3.09. The first kappa shape index (κ1) is 21.6. The number of non-ortho nitro benzene ring substituents is 1. The van der Waals surface area contributed by atoms with Gasteiger partial charge in [-0.3, -0.25) is 14.9 Å². The third-order valence-electron chi connectivity index (χ3n) is 4.59. The van der Waals surface area contributed by atoms with E-state index in [1.165, 1.54) is 18.3 Å². The first-order valence-corrected chi connectivity index (χ1v) is 9.41. The minimum absolute atomic E-state index is 0.0179. The van der Waals surface area contributed by atoms with E-state index in [4.69, 9.17) is 9.47 Å². The van der Waals surface area contributed by atoms with Gasteiger partial charge in [0.1, 0.15) is 11.5 Å². The van der Waals surface area contributed by atoms with Crippen LogP contribution in [-0.2, 0) is 4.79 Å². The van der Waals surface area contributed by atoms with Crippen molar-refractivity contribution in [3.05, 3.63) is 81.7 Å². The van der Waals surface area contributed by atoms with Crippen LogP contribution >= 0.6 is 0 Å². The molecular formula is C22H22N4O5. The maximum absolute atomic E-state index is 12.0. The molecule has 0 aliphatic heterocycles. The molecule has 9 heteroatoms. The predicted octanol–water partition coefficient (Wildman–Crippen LogP) is 3.54. The number of nitro benzene ring substituents is 1. The molecular weight excluding hydrogens is 400 g/mol. The summed E-state index contributed by atoms with van der Waals surface area (Å²) in [6.07, 6.45) is 1.53. The van der Waals surface area contributed by atoms with Crippen molar-refractivity contribution in [3.8, 4) is 17.2 Å². The van der Waals surface area contributed by atoms with Crippen LogP contribution in [0.3, 0.4) is 0 Å². The van der Waals surface area contributed by atoms with E-state index in [0.29, 0.717) is 17.2 Å². The molecule has 0 fully saturated rings. The average molecular weight is 422 g/mol. The van der Waals surface area contributed by atoms with Crippen LogP contribution in [-0.4, -0.2) is 35.3 Å². The predicted molar refractivity (Wildman–Crippen MR) is 116 cm³/mol. The molecule has 0 unspecified atom stereocenters. The van der Waals surface area contributed by atoms with E-state index in [0.717, 1.165) is 17.0 Å². The highest BCUT2D eigenvalue weighted by Crippen LogP contribution is 2.23. The van der Waals surface area contributed by atoms with Crippen molar-refractivity contribution in [2.75, 3.05) is 13.7 Å². The number of hydrogen-bond acceptors (Lipinski definition) is 6. The van der Waals surface area contributed by atoms with Crippen LogP contribution in [0.25, 0.3) is 5.69 Å². The third kappa shape index (κ3) is 5.27. The molecule has 1 heterocycles. The summed E-state index contributed by atoms with van der Waals surface area (Å²) in [4.78, 5) is 22.6. The summed E-state index contributed by atoms with van der Waals surface area (Å²) in [5, 5.41) is 15.0. The number of nitrogens with zero attached hydrogens (tertiary/aromatic N) is 3. The topological polar surface area (TPSA) is 108 Å². The molecule has 0 bridgehead atoms. The Morgan fingerprint density at radius 1 is 1.16 bits per heavy atom. The Balaban J connectivity index is 1.63. The van der Waals surface area contributed by atoms with Gasteiger partial charge in [-0.25, -0.2) is 5.43 Å². The summed E-state index contributed by atoms with van der Waals surface area (Å²) >= 11 is 0. The molecule has 0 radical (unpaired) electrons. The third-order valence-corrected chi connectivity index (χ3v) is 4.59. The van der Waals surface area contributed by atoms with Crippen LogP contribution in [0.2, 0.25) is 0 Å². The molecule has 0 aliphatic carbocycles. The summed E-state index contributed by atoms with van der Waals surface area (Å²) in [5.74, 6) is 0.837. The Labute approximate surface area is 179 Å². The zero-order valence-electron chi connectivity index (χ0n) is 17.4. The Bertz CT molecular complexity index is 1120. The molecule has 160 valence electrons. The Kier molecular flexibility index (Phi) is 6.66. The highest BCUT2D eigenvalue weighted by Gasteiger charge is 2.13. The van der Waals surface area contributed by atoms with E-state index in [2.05, 4.69) is 10.5 Å². The maximum atomic E-state index is 12.0. The van der Waals surface area contributed by atoms with Gasteiger partial charge in [0.2, 0.25) is 0 Å². The first-order chi connectivity index (χ1) is 14.9. The second-order valence-electron chi connectivity index (χ2n) is 6.70. The summed E-state index contributed by atoms with van der Waals surface area (Å²) < 4.78 is 12.4. The molecule has 1 aromatic heterocycles. The zero-order valence-corrected chi connectivity index (χ0v) is 17.4. The molecule has 31 heavy (non-hydrogen) atoms. The largest absolute Gasteiger partial charge is 0.497 e. The number of nitrogens with one attached hydrogen (secondary N) is 1. The standard InChI is InChI=1S/C22H22N4O5/c1-15-11-17(16(2)25(15)18-5-4-6-19(12-18)26(28)29)13-23-24-22(27)14-31-21-9-7-20(30-3)8-10-21/h4-13H,14H2,1-3H3,(H,24,27)/b23-13+. The van der Waals surface area contributed by atoms with E-state index in [1.54, 1.807) is 43.5 Å². The van der Waals surface area contributed by atoms with Gasteiger partial charge in [0.05, 0.1) is 23.9 Å². The van der Waals surface area contributed by atoms with Crippen LogP contribution in [0, 0.1) is 24.0 Å². The second-order valence-corrected chi connectivity index (χ2v) is 6.70. The molecule has 0 saturated heterocycles. The molecule has 1 N–H and O–H groups in total. The fourth-order valence-corrected chi connectivity index (χ4v) is 3.09. The van der Waals surface area contributed by atoms with Gasteiger partial charge in [0, 0.05) is 29.1 Å². The van der Waals surface area contributed by atoms with Gasteiger partial charge in [0.25, 0.3) is 11.6 Å². The summed E-state index contributed by atoms with van der Waals surface area (Å²) in [6.45, 7) is 3.59. The van der Waals surface area contributed by atoms with Crippen molar-refractivity contribution in [1.82, 2.24) is 9.99 Å². The molecule has 0 aliphatic rings. The number of methoxy groups -OCH3 is 1. The smallest absolute Gasteiger partial charge is 0.277 e. The summed E-state index contributed by atoms with van der Waals surface area (Å²) in [5.41, 5.74) is 5.62. The maximum Gasteiger partial charge on any atom is 0.277 e. The number of ether oxygens (including phenoxy) is 2. The minimum Gasteiger partial charge on any atom is -0.497 e. The Morgan fingerprint density at radius 2 is 1.87 bits per heavy atom. The van der Waals surface area contributed by atoms with Crippen molar-refractivity contribution in [2.45, 2.75) is 13.8 Å². The summed E-state index contributed by atoms with van der Waals surface area (Å²) in [6, 6.07) is 15.2. The summed E-state index contributed by atoms with van der Waals surface area (Å²) in [7, 11) is 1.57. The van der Waals surface area contributed by atoms with Crippen LogP contribution < -0.4 is 14.9 Å². The fraction of sp³-hybridized carbons (Fsp3) is 0.182. The van der Waals surface area contributed by atoms with Gasteiger partial charge in [0.15, 0.2) is 6.61 Å². The van der Waals surface area contributed by atoms with Crippen LogP contribution in [0.15, 0.2) is 59.7 Å². The van der Waals surface area contributed by atoms with E-state index in [1.807, 2.05) is 24.5 Å². The zero-order chi connectivity index (χ0) is 22.4. The number of aryl methyl sites for hydroxylation is 1. The molecule has 0 spiro atoms. The lowest BCUT2D eigenvalue weighted by molar-refractivity contribution is -0.384. The second kappa shape index (κ2) is 9.57. The number of rotatable bonds is 8. The van der Waals surface area contributed by atoms with Crippen LogP contribution in [0.1, 0.15) is 17.0 Å². The lowest BCUT2D eigenvalue weighted by Crippen LogP contribution is -2.24. The molecule has 3 aromatic rings. The van der Waals surface area contributed by atoms with E-state index in [9.17, 15) is 14.9 Å². The molecule has 9 nitrogen and oxygen atoms in total. The number of benzene rings is 2. The van der Waals surface area contributed by atoms with Gasteiger partial charge in [-0.15, -0.1) is 0 Å². The van der Waals surface area contributed by atoms with Crippen molar-refractivity contribution >= 4 is 17.8 Å². The number of carbonyl (C=O) groups excluding carboxylic acids is 1. The van der Waals surface area contributed by atoms with Crippen molar-refractivity contribution in [2.24, 2.45) is 5.10 Å².